The normalized spacial score (nSPS) is 5.23. The summed E-state index contributed by atoms with van der Waals surface area (Å²) >= 11 is 6.21. The summed E-state index contributed by atoms with van der Waals surface area (Å²) in [5.74, 6) is 0. The fourth-order valence-corrected chi connectivity index (χ4v) is 0. The molecule has 0 atom stereocenters. The van der Waals surface area contributed by atoms with E-state index in [0.29, 0.717) is 0 Å². The van der Waals surface area contributed by atoms with Crippen molar-refractivity contribution in [3.05, 3.63) is 0 Å². The van der Waals surface area contributed by atoms with Crippen LogP contribution in [0.25, 0.3) is 0 Å². The molecule has 5 nitrogen and oxygen atoms in total. The molecular weight excluding hydrogens is 212 g/mol. The van der Waals surface area contributed by atoms with E-state index >= 15 is 0 Å². The van der Waals surface area contributed by atoms with E-state index in [0.717, 1.165) is 0 Å². The monoisotopic (exact) mass is 232 g/mol. The summed E-state index contributed by atoms with van der Waals surface area (Å²) in [7, 11) is 0. The van der Waals surface area contributed by atoms with Crippen LogP contribution in [0.15, 0.2) is 0 Å². The third kappa shape index (κ3) is 6680. The fraction of sp³-hybridized carbons (Fsp3) is 0.667. The molecule has 0 saturated heterocycles. The van der Waals surface area contributed by atoms with Gasteiger partial charge in [-0.2, -0.15) is 0 Å². The second kappa shape index (κ2) is 29.9. The van der Waals surface area contributed by atoms with Crippen LogP contribution in [0, 0.1) is 0 Å². The highest BCUT2D eigenvalue weighted by Crippen LogP contribution is 1.61. The Labute approximate surface area is 90.7 Å². The lowest BCUT2D eigenvalue weighted by molar-refractivity contribution is 0.266. The van der Waals surface area contributed by atoms with Gasteiger partial charge >= 0.3 is 0 Å². The molecule has 0 bridgehead atoms. The van der Waals surface area contributed by atoms with E-state index in [-0.39, 0.29) is 21.5 Å². The number of aliphatic hydroxyl groups excluding tert-OH is 1. The van der Waals surface area contributed by atoms with Gasteiger partial charge in [-0.05, 0) is 6.92 Å². The predicted octanol–water partition coefficient (Wildman–Crippen LogP) is 1.26. The number of rotatable bonds is 0. The number of nitrogens with two attached hydrogens (primary N) is 2. The first-order valence-electron chi connectivity index (χ1n) is 2.46. The molecule has 5 N–H and O–H groups in total. The van der Waals surface area contributed by atoms with Gasteiger partial charge in [0, 0.05) is 6.61 Å². The molecule has 0 aliphatic heterocycles. The highest BCUT2D eigenvalue weighted by Gasteiger charge is 1.63. The molecule has 0 radical (unpaired) electrons. The molecule has 0 aliphatic carbocycles. The summed E-state index contributed by atoms with van der Waals surface area (Å²) in [4.78, 5) is 18.2. The van der Waals surface area contributed by atoms with Gasteiger partial charge in [-0.3, -0.25) is 9.59 Å². The molecule has 13 heavy (non-hydrogen) atoms. The van der Waals surface area contributed by atoms with Gasteiger partial charge in [0.25, 0.3) is 10.5 Å². The predicted molar refractivity (Wildman–Crippen MR) is 63.4 cm³/mol. The van der Waals surface area contributed by atoms with E-state index in [9.17, 15) is 0 Å². The number of hydrogen-bond donors (Lipinski definition) is 5. The molecule has 0 heterocycles. The van der Waals surface area contributed by atoms with Crippen LogP contribution >= 0.6 is 25.3 Å². The standard InChI is InChI=1S/C2H6O.2CH3NOS.2CH4/c1-2-3;2*2-1(3)4;;/h3H,2H2,1H3;2*(H3,2,3,4);2*1H4. The zero-order valence-corrected chi connectivity index (χ0v) is 7.81. The summed E-state index contributed by atoms with van der Waals surface area (Å²) < 4.78 is 0. The Bertz CT molecular complexity index is 92.1. The summed E-state index contributed by atoms with van der Waals surface area (Å²) in [6.45, 7) is 1.93. The van der Waals surface area contributed by atoms with E-state index in [2.05, 4.69) is 36.7 Å². The maximum atomic E-state index is 9.09. The number of thiol groups is 2. The van der Waals surface area contributed by atoms with Crippen LogP contribution in [-0.4, -0.2) is 22.2 Å². The first-order valence-corrected chi connectivity index (χ1v) is 3.35. The molecule has 2 amide bonds. The lowest BCUT2D eigenvalue weighted by Gasteiger charge is -1.59. The van der Waals surface area contributed by atoms with Crippen molar-refractivity contribution in [1.82, 2.24) is 0 Å². The summed E-state index contributed by atoms with van der Waals surface area (Å²) in [5, 5.41) is 6.29. The maximum absolute atomic E-state index is 9.09. The minimum absolute atomic E-state index is 0. The van der Waals surface area contributed by atoms with Crippen molar-refractivity contribution in [3.63, 3.8) is 0 Å². The average Bonchev–Trinajstić information content (AvgIpc) is 1.60. The number of hydrogen-bond acceptors (Lipinski definition) is 3. The molecule has 0 fully saturated rings. The molecule has 0 saturated carbocycles. The van der Waals surface area contributed by atoms with Gasteiger partial charge in [0.05, 0.1) is 0 Å². The van der Waals surface area contributed by atoms with Crippen molar-refractivity contribution >= 4 is 35.7 Å². The van der Waals surface area contributed by atoms with E-state index in [1.54, 1.807) is 6.92 Å². The van der Waals surface area contributed by atoms with Gasteiger partial charge in [-0.1, -0.05) is 40.1 Å². The van der Waals surface area contributed by atoms with Crippen LogP contribution in [0.4, 0.5) is 9.59 Å². The number of carbonyl (C=O) groups is 2. The Balaban J connectivity index is -0.0000000231. The van der Waals surface area contributed by atoms with Gasteiger partial charge in [0.15, 0.2) is 0 Å². The number of carbonyl (C=O) groups excluding carboxylic acids is 2. The first kappa shape index (κ1) is 29.4. The van der Waals surface area contributed by atoms with Crippen molar-refractivity contribution in [2.75, 3.05) is 6.61 Å². The van der Waals surface area contributed by atoms with E-state index in [4.69, 9.17) is 14.7 Å². The van der Waals surface area contributed by atoms with Crippen molar-refractivity contribution in [3.8, 4) is 0 Å². The maximum Gasteiger partial charge on any atom is 0.273 e. The third-order valence-electron chi connectivity index (χ3n) is 0. The van der Waals surface area contributed by atoms with Gasteiger partial charge in [-0.25, -0.2) is 0 Å². The van der Waals surface area contributed by atoms with Crippen LogP contribution in [0.2, 0.25) is 0 Å². The van der Waals surface area contributed by atoms with Crippen LogP contribution in [0.3, 0.4) is 0 Å². The van der Waals surface area contributed by atoms with Crippen LogP contribution in [0.1, 0.15) is 21.8 Å². The second-order valence-electron chi connectivity index (χ2n) is 0.993. The molecule has 84 valence electrons. The molecular formula is C6H20N2O3S2. The highest BCUT2D eigenvalue weighted by molar-refractivity contribution is 7.96. The van der Waals surface area contributed by atoms with E-state index < -0.39 is 10.5 Å². The quantitative estimate of drug-likeness (QED) is 0.406. The summed E-state index contributed by atoms with van der Waals surface area (Å²) in [6, 6.07) is 0. The lowest BCUT2D eigenvalue weighted by Crippen LogP contribution is -1.95. The highest BCUT2D eigenvalue weighted by atomic mass is 32.1. The Morgan fingerprint density at radius 3 is 1.15 bits per heavy atom. The molecule has 0 unspecified atom stereocenters. The van der Waals surface area contributed by atoms with Gasteiger partial charge in [0.2, 0.25) is 0 Å². The lowest BCUT2D eigenvalue weighted by atomic mass is 10.9. The Morgan fingerprint density at radius 1 is 1.15 bits per heavy atom. The Kier molecular flexibility index (Phi) is 67.6. The van der Waals surface area contributed by atoms with Crippen LogP contribution in [0.5, 0.6) is 0 Å². The minimum Gasteiger partial charge on any atom is -0.397 e. The second-order valence-corrected chi connectivity index (χ2v) is 1.87. The largest absolute Gasteiger partial charge is 0.397 e. The minimum atomic E-state index is -0.639. The molecule has 0 spiro atoms. The van der Waals surface area contributed by atoms with Gasteiger partial charge < -0.3 is 16.6 Å². The topological polar surface area (TPSA) is 106 Å². The smallest absolute Gasteiger partial charge is 0.273 e. The summed E-state index contributed by atoms with van der Waals surface area (Å²) in [5.41, 5.74) is 8.67. The Morgan fingerprint density at radius 2 is 1.15 bits per heavy atom. The fourth-order valence-electron chi connectivity index (χ4n) is 0. The number of primary amides is 2. The van der Waals surface area contributed by atoms with Gasteiger partial charge in [0.1, 0.15) is 0 Å². The molecule has 0 aromatic heterocycles. The van der Waals surface area contributed by atoms with E-state index in [1.165, 1.54) is 0 Å². The van der Waals surface area contributed by atoms with Crippen LogP contribution < -0.4 is 11.5 Å². The average molecular weight is 232 g/mol. The number of amides is 2. The molecule has 0 rings (SSSR count). The number of aliphatic hydroxyl groups is 1. The third-order valence-corrected chi connectivity index (χ3v) is 0. The van der Waals surface area contributed by atoms with Gasteiger partial charge in [-0.15, -0.1) is 0 Å². The van der Waals surface area contributed by atoms with Crippen molar-refractivity contribution in [1.29, 1.82) is 0 Å². The molecule has 0 aliphatic rings. The zero-order valence-electron chi connectivity index (χ0n) is 6.02. The van der Waals surface area contributed by atoms with E-state index in [1.807, 2.05) is 0 Å². The molecule has 0 aromatic rings. The van der Waals surface area contributed by atoms with Crippen molar-refractivity contribution in [2.24, 2.45) is 11.5 Å². The zero-order chi connectivity index (χ0) is 9.86. The first-order chi connectivity index (χ1) is 4.88. The van der Waals surface area contributed by atoms with Crippen molar-refractivity contribution in [2.45, 2.75) is 21.8 Å². The summed E-state index contributed by atoms with van der Waals surface area (Å²) in [6.07, 6.45) is 0. The van der Waals surface area contributed by atoms with Crippen LogP contribution in [-0.2, 0) is 0 Å². The SMILES string of the molecule is C.C.CCO.NC(=O)S.NC(=O)S. The molecule has 7 heteroatoms. The van der Waals surface area contributed by atoms with Crippen molar-refractivity contribution < 1.29 is 14.7 Å². The molecule has 0 aromatic carbocycles. The Hall–Kier alpha value is -0.400.